The van der Waals surface area contributed by atoms with E-state index in [9.17, 15) is 19.6 Å². The lowest BCUT2D eigenvalue weighted by atomic mass is 9.99. The van der Waals surface area contributed by atoms with E-state index in [1.54, 1.807) is 12.1 Å². The van der Waals surface area contributed by atoms with Crippen molar-refractivity contribution in [2.75, 3.05) is 6.54 Å². The molecular weight excluding hydrogens is 312 g/mol. The van der Waals surface area contributed by atoms with Crippen LogP contribution in [0, 0.1) is 11.3 Å². The molecule has 1 aliphatic heterocycles. The van der Waals surface area contributed by atoms with E-state index < -0.39 is 35.5 Å². The van der Waals surface area contributed by atoms with Crippen LogP contribution < -0.4 is 10.6 Å². The van der Waals surface area contributed by atoms with Gasteiger partial charge in [0.1, 0.15) is 17.8 Å². The Bertz CT molecular complexity index is 715. The van der Waals surface area contributed by atoms with Crippen LogP contribution in [0.1, 0.15) is 38.4 Å². The lowest BCUT2D eigenvalue weighted by Gasteiger charge is -2.23. The summed E-state index contributed by atoms with van der Waals surface area (Å²) in [7, 11) is 0. The fraction of sp³-hybridized carbons (Fsp3) is 0.500. The van der Waals surface area contributed by atoms with Crippen molar-refractivity contribution in [1.29, 1.82) is 5.26 Å². The van der Waals surface area contributed by atoms with Crippen LogP contribution in [0.5, 0.6) is 0 Å². The first kappa shape index (κ1) is 16.1. The molecule has 8 heteroatoms. The van der Waals surface area contributed by atoms with Crippen molar-refractivity contribution in [2.45, 2.75) is 43.7 Å². The van der Waals surface area contributed by atoms with Crippen LogP contribution in [-0.2, 0) is 15.1 Å². The number of carbonyl (C=O) groups excluding carboxylic acids is 3. The molecule has 2 fully saturated rings. The standard InChI is InChI=1S/C16H18N4O4/c1-15(11-5-4-8-24-11)13(22)20(14(23)19-15)9-12(21)18-16(10-17)6-2-3-7-16/h4-5,8H,2-3,6-7,9H2,1H3,(H,18,21)(H,19,23)/t15-/m1/s1. The number of rotatable bonds is 4. The molecule has 2 aliphatic rings. The molecule has 0 bridgehead atoms. The molecule has 1 aromatic rings. The van der Waals surface area contributed by atoms with Gasteiger partial charge in [-0.1, -0.05) is 0 Å². The normalized spacial score (nSPS) is 25.4. The number of hydrogen-bond acceptors (Lipinski definition) is 5. The molecule has 1 saturated heterocycles. The van der Waals surface area contributed by atoms with Crippen LogP contribution in [-0.4, -0.2) is 34.8 Å². The molecule has 0 aromatic carbocycles. The first-order valence-electron chi connectivity index (χ1n) is 7.81. The number of carbonyl (C=O) groups is 3. The minimum atomic E-state index is -1.33. The first-order valence-corrected chi connectivity index (χ1v) is 7.81. The Morgan fingerprint density at radius 2 is 2.17 bits per heavy atom. The maximum absolute atomic E-state index is 12.6. The van der Waals surface area contributed by atoms with Gasteiger partial charge in [0, 0.05) is 0 Å². The van der Waals surface area contributed by atoms with E-state index in [1.807, 2.05) is 0 Å². The highest BCUT2D eigenvalue weighted by Gasteiger charge is 2.51. The maximum atomic E-state index is 12.6. The van der Waals surface area contributed by atoms with Crippen molar-refractivity contribution in [3.8, 4) is 6.07 Å². The molecule has 2 heterocycles. The van der Waals surface area contributed by atoms with Crippen LogP contribution in [0.3, 0.4) is 0 Å². The zero-order chi connectivity index (χ0) is 17.4. The molecule has 0 radical (unpaired) electrons. The molecule has 1 aromatic heterocycles. The molecule has 126 valence electrons. The van der Waals surface area contributed by atoms with Gasteiger partial charge in [-0.3, -0.25) is 14.5 Å². The number of hydrogen-bond donors (Lipinski definition) is 2. The predicted octanol–water partition coefficient (Wildman–Crippen LogP) is 0.999. The van der Waals surface area contributed by atoms with Gasteiger partial charge in [0.05, 0.1) is 12.3 Å². The summed E-state index contributed by atoms with van der Waals surface area (Å²) in [5.74, 6) is -0.784. The summed E-state index contributed by atoms with van der Waals surface area (Å²) in [4.78, 5) is 37.8. The predicted molar refractivity (Wildman–Crippen MR) is 81.3 cm³/mol. The van der Waals surface area contributed by atoms with E-state index >= 15 is 0 Å². The van der Waals surface area contributed by atoms with Gasteiger partial charge in [-0.25, -0.2) is 4.79 Å². The summed E-state index contributed by atoms with van der Waals surface area (Å²) in [5.41, 5.74) is -2.22. The second-order valence-electron chi connectivity index (χ2n) is 6.37. The van der Waals surface area contributed by atoms with Crippen LogP contribution in [0.2, 0.25) is 0 Å². The number of nitrogens with zero attached hydrogens (tertiary/aromatic N) is 2. The van der Waals surface area contributed by atoms with E-state index in [4.69, 9.17) is 4.42 Å². The largest absolute Gasteiger partial charge is 0.466 e. The van der Waals surface area contributed by atoms with E-state index in [1.165, 1.54) is 13.2 Å². The van der Waals surface area contributed by atoms with Crippen molar-refractivity contribution < 1.29 is 18.8 Å². The Hall–Kier alpha value is -2.82. The summed E-state index contributed by atoms with van der Waals surface area (Å²) in [5, 5.41) is 14.5. The quantitative estimate of drug-likeness (QED) is 0.799. The molecule has 3 rings (SSSR count). The van der Waals surface area contributed by atoms with Crippen LogP contribution in [0.15, 0.2) is 22.8 Å². The molecule has 2 N–H and O–H groups in total. The van der Waals surface area contributed by atoms with Crippen molar-refractivity contribution >= 4 is 17.8 Å². The molecule has 0 spiro atoms. The summed E-state index contributed by atoms with van der Waals surface area (Å²) in [6, 6.07) is 4.69. The van der Waals surface area contributed by atoms with Crippen molar-refractivity contribution in [3.05, 3.63) is 24.2 Å². The number of urea groups is 1. The first-order chi connectivity index (χ1) is 11.4. The summed E-state index contributed by atoms with van der Waals surface area (Å²) in [6.45, 7) is 1.10. The number of imide groups is 1. The molecule has 0 unspecified atom stereocenters. The van der Waals surface area contributed by atoms with E-state index in [-0.39, 0.29) is 0 Å². The molecule has 1 atom stereocenters. The molecule has 24 heavy (non-hydrogen) atoms. The zero-order valence-corrected chi connectivity index (χ0v) is 13.3. The number of nitriles is 1. The van der Waals surface area contributed by atoms with Gasteiger partial charge in [-0.15, -0.1) is 0 Å². The molecular formula is C16H18N4O4. The molecule has 4 amide bonds. The monoisotopic (exact) mass is 330 g/mol. The zero-order valence-electron chi connectivity index (χ0n) is 13.3. The summed E-state index contributed by atoms with van der Waals surface area (Å²) < 4.78 is 5.23. The Morgan fingerprint density at radius 3 is 2.75 bits per heavy atom. The third-order valence-corrected chi connectivity index (χ3v) is 4.64. The number of furan rings is 1. The highest BCUT2D eigenvalue weighted by molar-refractivity contribution is 6.08. The van der Waals surface area contributed by atoms with Crippen LogP contribution >= 0.6 is 0 Å². The average molecular weight is 330 g/mol. The summed E-state index contributed by atoms with van der Waals surface area (Å²) >= 11 is 0. The second-order valence-corrected chi connectivity index (χ2v) is 6.37. The van der Waals surface area contributed by atoms with Crippen LogP contribution in [0.4, 0.5) is 4.79 Å². The van der Waals surface area contributed by atoms with Crippen LogP contribution in [0.25, 0.3) is 0 Å². The van der Waals surface area contributed by atoms with Gasteiger partial charge in [0.15, 0.2) is 5.54 Å². The third-order valence-electron chi connectivity index (χ3n) is 4.64. The molecule has 1 saturated carbocycles. The van der Waals surface area contributed by atoms with Gasteiger partial charge >= 0.3 is 6.03 Å². The van der Waals surface area contributed by atoms with Gasteiger partial charge in [0.25, 0.3) is 5.91 Å². The van der Waals surface area contributed by atoms with Crippen molar-refractivity contribution in [3.63, 3.8) is 0 Å². The van der Waals surface area contributed by atoms with Gasteiger partial charge in [-0.05, 0) is 44.7 Å². The Labute approximate surface area is 138 Å². The van der Waals surface area contributed by atoms with Crippen molar-refractivity contribution in [1.82, 2.24) is 15.5 Å². The smallest absolute Gasteiger partial charge is 0.325 e. The van der Waals surface area contributed by atoms with E-state index in [2.05, 4.69) is 16.7 Å². The topological polar surface area (TPSA) is 115 Å². The Balaban J connectivity index is 1.71. The van der Waals surface area contributed by atoms with Gasteiger partial charge in [0.2, 0.25) is 5.91 Å². The number of amides is 4. The average Bonchev–Trinajstić information content (AvgIpc) is 3.26. The minimum absolute atomic E-state index is 0.299. The highest BCUT2D eigenvalue weighted by Crippen LogP contribution is 2.30. The molecule has 1 aliphatic carbocycles. The van der Waals surface area contributed by atoms with Gasteiger partial charge < -0.3 is 15.1 Å². The Morgan fingerprint density at radius 1 is 1.46 bits per heavy atom. The second kappa shape index (κ2) is 5.67. The van der Waals surface area contributed by atoms with E-state index in [0.29, 0.717) is 18.6 Å². The highest BCUT2D eigenvalue weighted by atomic mass is 16.3. The van der Waals surface area contributed by atoms with E-state index in [0.717, 1.165) is 17.7 Å². The van der Waals surface area contributed by atoms with Crippen molar-refractivity contribution in [2.24, 2.45) is 0 Å². The number of nitrogens with one attached hydrogen (secondary N) is 2. The fourth-order valence-electron chi connectivity index (χ4n) is 3.26. The SMILES string of the molecule is C[C@]1(c2ccco2)NC(=O)N(CC(=O)NC2(C#N)CCCC2)C1=O. The maximum Gasteiger partial charge on any atom is 0.325 e. The Kier molecular flexibility index (Phi) is 3.79. The fourth-order valence-corrected chi connectivity index (χ4v) is 3.26. The molecule has 8 nitrogen and oxygen atoms in total. The lowest BCUT2D eigenvalue weighted by molar-refractivity contribution is -0.135. The van der Waals surface area contributed by atoms with Gasteiger partial charge in [-0.2, -0.15) is 5.26 Å². The minimum Gasteiger partial charge on any atom is -0.466 e. The third kappa shape index (κ3) is 2.52. The lowest BCUT2D eigenvalue weighted by Crippen LogP contribution is -2.50. The summed E-state index contributed by atoms with van der Waals surface area (Å²) in [6.07, 6.45) is 4.31.